The lowest BCUT2D eigenvalue weighted by Crippen LogP contribution is -2.05. The SMILES string of the molecule is C=CCC(C)C([O])=O. The van der Waals surface area contributed by atoms with E-state index in [0.717, 1.165) is 0 Å². The van der Waals surface area contributed by atoms with E-state index in [1.54, 1.807) is 13.0 Å². The molecule has 2 nitrogen and oxygen atoms in total. The molecule has 0 spiro atoms. The average Bonchev–Trinajstić information content (AvgIpc) is 1.67. The van der Waals surface area contributed by atoms with Crippen LogP contribution in [0.25, 0.3) is 0 Å². The van der Waals surface area contributed by atoms with Gasteiger partial charge in [0.1, 0.15) is 0 Å². The van der Waals surface area contributed by atoms with E-state index in [1.165, 1.54) is 0 Å². The summed E-state index contributed by atoms with van der Waals surface area (Å²) in [6.07, 6.45) is 2.06. The molecular weight excluding hydrogens is 104 g/mol. The van der Waals surface area contributed by atoms with Crippen LogP contribution in [0.2, 0.25) is 0 Å². The van der Waals surface area contributed by atoms with Gasteiger partial charge in [0.25, 0.3) is 0 Å². The van der Waals surface area contributed by atoms with Crippen molar-refractivity contribution in [2.24, 2.45) is 5.92 Å². The molecule has 1 radical (unpaired) electrons. The van der Waals surface area contributed by atoms with Gasteiger partial charge in [-0.1, -0.05) is 13.0 Å². The van der Waals surface area contributed by atoms with Gasteiger partial charge in [-0.2, -0.15) is 0 Å². The number of hydrogen-bond donors (Lipinski definition) is 0. The molecule has 0 aliphatic heterocycles. The first-order chi connectivity index (χ1) is 3.68. The van der Waals surface area contributed by atoms with E-state index >= 15 is 0 Å². The molecule has 0 fully saturated rings. The Hall–Kier alpha value is -0.790. The van der Waals surface area contributed by atoms with Gasteiger partial charge in [-0.15, -0.1) is 6.58 Å². The number of carbonyl (C=O) groups excluding carboxylic acids is 1. The fraction of sp³-hybridized carbons (Fsp3) is 0.500. The van der Waals surface area contributed by atoms with Gasteiger partial charge < -0.3 is 0 Å². The van der Waals surface area contributed by atoms with Crippen LogP contribution in [0.4, 0.5) is 0 Å². The Kier molecular flexibility index (Phi) is 2.92. The van der Waals surface area contributed by atoms with E-state index in [2.05, 4.69) is 6.58 Å². The minimum atomic E-state index is -1.01. The summed E-state index contributed by atoms with van der Waals surface area (Å²) in [6, 6.07) is 0. The lowest BCUT2D eigenvalue weighted by Gasteiger charge is -1.94. The van der Waals surface area contributed by atoms with Crippen LogP contribution in [-0.2, 0) is 9.90 Å². The van der Waals surface area contributed by atoms with Crippen LogP contribution >= 0.6 is 0 Å². The zero-order chi connectivity index (χ0) is 6.57. The molecule has 0 aliphatic rings. The molecule has 1 atom stereocenters. The fourth-order valence-corrected chi connectivity index (χ4v) is 0.346. The molecule has 2 heteroatoms. The molecule has 0 bridgehead atoms. The maximum Gasteiger partial charge on any atom is 0.358 e. The number of rotatable bonds is 3. The molecule has 0 aliphatic carbocycles. The standard InChI is InChI=1S/C6H9O2/c1-3-4-5(2)6(7)8/h3,5H,1,4H2,2H3. The Morgan fingerprint density at radius 2 is 2.38 bits per heavy atom. The van der Waals surface area contributed by atoms with Crippen molar-refractivity contribution in [2.45, 2.75) is 13.3 Å². The predicted molar refractivity (Wildman–Crippen MR) is 29.7 cm³/mol. The quantitative estimate of drug-likeness (QED) is 0.506. The second-order valence-corrected chi connectivity index (χ2v) is 1.74. The average molecular weight is 113 g/mol. The molecular formula is C6H9O2. The Morgan fingerprint density at radius 3 is 2.50 bits per heavy atom. The maximum absolute atomic E-state index is 9.93. The van der Waals surface area contributed by atoms with E-state index in [9.17, 15) is 9.90 Å². The van der Waals surface area contributed by atoms with Gasteiger partial charge in [0.2, 0.25) is 0 Å². The molecule has 1 unspecified atom stereocenters. The first-order valence-electron chi connectivity index (χ1n) is 2.50. The van der Waals surface area contributed by atoms with E-state index < -0.39 is 11.9 Å². The lowest BCUT2D eigenvalue weighted by atomic mass is 10.1. The van der Waals surface area contributed by atoms with Crippen LogP contribution in [0.15, 0.2) is 12.7 Å². The highest BCUT2D eigenvalue weighted by atomic mass is 16.4. The lowest BCUT2D eigenvalue weighted by molar-refractivity contribution is -0.147. The van der Waals surface area contributed by atoms with Gasteiger partial charge >= 0.3 is 5.97 Å². The van der Waals surface area contributed by atoms with Gasteiger partial charge in [-0.05, 0) is 6.42 Å². The second-order valence-electron chi connectivity index (χ2n) is 1.74. The van der Waals surface area contributed by atoms with Crippen LogP contribution < -0.4 is 0 Å². The summed E-state index contributed by atoms with van der Waals surface area (Å²) >= 11 is 0. The summed E-state index contributed by atoms with van der Waals surface area (Å²) < 4.78 is 0. The number of carbonyl (C=O) groups is 1. The van der Waals surface area contributed by atoms with Gasteiger partial charge in [-0.3, -0.25) is 0 Å². The van der Waals surface area contributed by atoms with Crippen LogP contribution in [0.1, 0.15) is 13.3 Å². The Bertz CT molecular complexity index is 96.7. The van der Waals surface area contributed by atoms with E-state index in [4.69, 9.17) is 0 Å². The van der Waals surface area contributed by atoms with Crippen LogP contribution in [-0.4, -0.2) is 5.97 Å². The Morgan fingerprint density at radius 1 is 1.88 bits per heavy atom. The summed E-state index contributed by atoms with van der Waals surface area (Å²) in [6.45, 7) is 4.99. The monoisotopic (exact) mass is 113 g/mol. The van der Waals surface area contributed by atoms with Gasteiger partial charge in [0.15, 0.2) is 0 Å². The smallest absolute Gasteiger partial charge is 0.247 e. The molecule has 0 aromatic rings. The second kappa shape index (κ2) is 3.24. The Labute approximate surface area is 48.8 Å². The normalized spacial score (nSPS) is 12.6. The zero-order valence-electron chi connectivity index (χ0n) is 4.89. The van der Waals surface area contributed by atoms with Crippen LogP contribution in [0.3, 0.4) is 0 Å². The van der Waals surface area contributed by atoms with Crippen molar-refractivity contribution in [2.75, 3.05) is 0 Å². The fourth-order valence-electron chi connectivity index (χ4n) is 0.346. The minimum Gasteiger partial charge on any atom is -0.247 e. The molecule has 8 heavy (non-hydrogen) atoms. The highest BCUT2D eigenvalue weighted by molar-refractivity contribution is 5.69. The minimum absolute atomic E-state index is 0.396. The van der Waals surface area contributed by atoms with E-state index in [0.29, 0.717) is 6.42 Å². The topological polar surface area (TPSA) is 37.0 Å². The van der Waals surface area contributed by atoms with Crippen molar-refractivity contribution in [3.8, 4) is 0 Å². The molecule has 0 aromatic heterocycles. The molecule has 0 N–H and O–H groups in total. The third-order valence-electron chi connectivity index (χ3n) is 0.923. The summed E-state index contributed by atoms with van der Waals surface area (Å²) in [7, 11) is 0. The molecule has 0 amide bonds. The van der Waals surface area contributed by atoms with Gasteiger partial charge in [0.05, 0.1) is 5.92 Å². The van der Waals surface area contributed by atoms with Gasteiger partial charge in [-0.25, -0.2) is 9.90 Å². The van der Waals surface area contributed by atoms with Gasteiger partial charge in [0, 0.05) is 0 Å². The van der Waals surface area contributed by atoms with Crippen molar-refractivity contribution in [3.05, 3.63) is 12.7 Å². The summed E-state index contributed by atoms with van der Waals surface area (Å²) in [5.41, 5.74) is 0. The zero-order valence-corrected chi connectivity index (χ0v) is 4.89. The number of hydrogen-bond acceptors (Lipinski definition) is 1. The van der Waals surface area contributed by atoms with Crippen LogP contribution in [0, 0.1) is 5.92 Å². The number of allylic oxidation sites excluding steroid dienone is 1. The molecule has 45 valence electrons. The van der Waals surface area contributed by atoms with E-state index in [-0.39, 0.29) is 0 Å². The highest BCUT2D eigenvalue weighted by Gasteiger charge is 2.09. The molecule has 0 rings (SSSR count). The summed E-state index contributed by atoms with van der Waals surface area (Å²) in [5.74, 6) is -1.41. The summed E-state index contributed by atoms with van der Waals surface area (Å²) in [5, 5.41) is 9.93. The summed E-state index contributed by atoms with van der Waals surface area (Å²) in [4.78, 5) is 9.93. The third-order valence-corrected chi connectivity index (χ3v) is 0.923. The molecule has 0 aromatic carbocycles. The maximum atomic E-state index is 9.93. The van der Waals surface area contributed by atoms with Crippen LogP contribution in [0.5, 0.6) is 0 Å². The van der Waals surface area contributed by atoms with Crippen molar-refractivity contribution >= 4 is 5.97 Å². The molecule has 0 saturated carbocycles. The third kappa shape index (κ3) is 2.39. The Balaban J connectivity index is 3.46. The first kappa shape index (κ1) is 7.21. The molecule has 0 heterocycles. The predicted octanol–water partition coefficient (Wildman–Crippen LogP) is 1.16. The van der Waals surface area contributed by atoms with Crippen molar-refractivity contribution in [1.29, 1.82) is 0 Å². The molecule has 0 saturated heterocycles. The van der Waals surface area contributed by atoms with Crippen molar-refractivity contribution in [1.82, 2.24) is 0 Å². The first-order valence-corrected chi connectivity index (χ1v) is 2.50. The largest absolute Gasteiger partial charge is 0.358 e. The highest BCUT2D eigenvalue weighted by Crippen LogP contribution is 2.00. The van der Waals surface area contributed by atoms with Crippen molar-refractivity contribution in [3.63, 3.8) is 0 Å². The van der Waals surface area contributed by atoms with E-state index in [1.807, 2.05) is 0 Å². The van der Waals surface area contributed by atoms with Crippen molar-refractivity contribution < 1.29 is 9.90 Å².